The number of aromatic nitrogens is 2. The Labute approximate surface area is 180 Å². The minimum absolute atomic E-state index is 0.235. The van der Waals surface area contributed by atoms with Crippen molar-refractivity contribution in [2.45, 2.75) is 6.54 Å². The van der Waals surface area contributed by atoms with Crippen molar-refractivity contribution in [2.24, 2.45) is 0 Å². The summed E-state index contributed by atoms with van der Waals surface area (Å²) in [6.45, 7) is -0.235. The summed E-state index contributed by atoms with van der Waals surface area (Å²) >= 11 is 1.32. The van der Waals surface area contributed by atoms with Gasteiger partial charge in [0.25, 0.3) is 5.56 Å². The lowest BCUT2D eigenvalue weighted by Gasteiger charge is -2.12. The van der Waals surface area contributed by atoms with Crippen LogP contribution in [0, 0.1) is 5.82 Å². The van der Waals surface area contributed by atoms with Crippen molar-refractivity contribution in [3.05, 3.63) is 70.3 Å². The van der Waals surface area contributed by atoms with Gasteiger partial charge in [-0.25, -0.2) is 9.37 Å². The zero-order valence-electron chi connectivity index (χ0n) is 16.7. The third-order valence-electron chi connectivity index (χ3n) is 4.71. The number of thiophene rings is 1. The predicted molar refractivity (Wildman–Crippen MR) is 117 cm³/mol. The van der Waals surface area contributed by atoms with E-state index in [-0.39, 0.29) is 17.9 Å². The van der Waals surface area contributed by atoms with Gasteiger partial charge in [0.15, 0.2) is 0 Å². The number of anilines is 1. The van der Waals surface area contributed by atoms with Crippen LogP contribution in [0.25, 0.3) is 21.3 Å². The molecule has 0 aliphatic rings. The maximum absolute atomic E-state index is 13.3. The molecule has 7 nitrogen and oxygen atoms in total. The molecular weight excluding hydrogens is 421 g/mol. The van der Waals surface area contributed by atoms with Crippen LogP contribution in [0.2, 0.25) is 0 Å². The van der Waals surface area contributed by atoms with E-state index in [1.165, 1.54) is 48.6 Å². The average molecular weight is 439 g/mol. The molecule has 9 heteroatoms. The fraction of sp³-hybridized carbons (Fsp3) is 0.136. The molecule has 0 saturated carbocycles. The average Bonchev–Trinajstić information content (AvgIpc) is 3.21. The molecule has 0 saturated heterocycles. The second-order valence-electron chi connectivity index (χ2n) is 6.63. The van der Waals surface area contributed by atoms with Crippen molar-refractivity contribution in [2.75, 3.05) is 19.5 Å². The molecular formula is C22H18FN3O4S. The third kappa shape index (κ3) is 4.13. The Morgan fingerprint density at radius 1 is 1.16 bits per heavy atom. The Kier molecular flexibility index (Phi) is 5.68. The van der Waals surface area contributed by atoms with E-state index in [1.54, 1.807) is 35.7 Å². The minimum Gasteiger partial charge on any atom is -0.497 e. The van der Waals surface area contributed by atoms with Gasteiger partial charge in [-0.05, 0) is 29.8 Å². The van der Waals surface area contributed by atoms with E-state index >= 15 is 0 Å². The zero-order valence-corrected chi connectivity index (χ0v) is 17.5. The normalized spacial score (nSPS) is 10.8. The molecule has 1 amide bonds. The molecule has 0 fully saturated rings. The van der Waals surface area contributed by atoms with Gasteiger partial charge in [0.2, 0.25) is 5.91 Å². The highest BCUT2D eigenvalue weighted by atomic mass is 32.1. The molecule has 2 aromatic heterocycles. The largest absolute Gasteiger partial charge is 0.497 e. The van der Waals surface area contributed by atoms with Crippen molar-refractivity contribution in [3.63, 3.8) is 0 Å². The smallest absolute Gasteiger partial charge is 0.263 e. The third-order valence-corrected chi connectivity index (χ3v) is 5.60. The molecule has 0 aliphatic heterocycles. The van der Waals surface area contributed by atoms with E-state index in [0.717, 1.165) is 0 Å². The summed E-state index contributed by atoms with van der Waals surface area (Å²) in [4.78, 5) is 30.6. The Morgan fingerprint density at radius 3 is 2.65 bits per heavy atom. The van der Waals surface area contributed by atoms with Gasteiger partial charge >= 0.3 is 0 Å². The topological polar surface area (TPSA) is 82.4 Å². The molecule has 158 valence electrons. The van der Waals surface area contributed by atoms with Gasteiger partial charge in [0, 0.05) is 17.0 Å². The van der Waals surface area contributed by atoms with Crippen LogP contribution in [0.5, 0.6) is 11.5 Å². The minimum atomic E-state index is -0.423. The van der Waals surface area contributed by atoms with Crippen molar-refractivity contribution < 1.29 is 18.7 Å². The first-order chi connectivity index (χ1) is 15.0. The number of carbonyl (C=O) groups is 1. The molecule has 0 aliphatic carbocycles. The van der Waals surface area contributed by atoms with E-state index in [0.29, 0.717) is 38.5 Å². The summed E-state index contributed by atoms with van der Waals surface area (Å²) in [5.41, 5.74) is 1.44. The molecule has 31 heavy (non-hydrogen) atoms. The number of methoxy groups -OCH3 is 2. The summed E-state index contributed by atoms with van der Waals surface area (Å²) in [6, 6.07) is 10.9. The van der Waals surface area contributed by atoms with Crippen LogP contribution in [0.15, 0.2) is 59.0 Å². The fourth-order valence-corrected chi connectivity index (χ4v) is 4.08. The second-order valence-corrected chi connectivity index (χ2v) is 7.49. The van der Waals surface area contributed by atoms with Crippen LogP contribution in [-0.4, -0.2) is 29.7 Å². The SMILES string of the molecule is COc1ccc(OC)c(NC(=O)Cn2cnc3scc(-c4ccc(F)cc4)c3c2=O)c1. The number of carbonyl (C=O) groups excluding carboxylic acids is 1. The van der Waals surface area contributed by atoms with Gasteiger partial charge < -0.3 is 14.8 Å². The Hall–Kier alpha value is -3.72. The highest BCUT2D eigenvalue weighted by Gasteiger charge is 2.16. The number of ether oxygens (including phenoxy) is 2. The first-order valence-electron chi connectivity index (χ1n) is 9.24. The van der Waals surface area contributed by atoms with Crippen molar-refractivity contribution in [3.8, 4) is 22.6 Å². The first-order valence-corrected chi connectivity index (χ1v) is 10.1. The number of hydrogen-bond donors (Lipinski definition) is 1. The maximum atomic E-state index is 13.3. The van der Waals surface area contributed by atoms with Crippen LogP contribution in [-0.2, 0) is 11.3 Å². The van der Waals surface area contributed by atoms with Gasteiger partial charge in [-0.1, -0.05) is 12.1 Å². The number of rotatable bonds is 6. The van der Waals surface area contributed by atoms with E-state index < -0.39 is 5.91 Å². The Morgan fingerprint density at radius 2 is 1.94 bits per heavy atom. The summed E-state index contributed by atoms with van der Waals surface area (Å²) in [7, 11) is 3.01. The molecule has 0 radical (unpaired) electrons. The van der Waals surface area contributed by atoms with Gasteiger partial charge in [-0.2, -0.15) is 0 Å². The van der Waals surface area contributed by atoms with Crippen LogP contribution in [0.1, 0.15) is 0 Å². The van der Waals surface area contributed by atoms with E-state index in [2.05, 4.69) is 10.3 Å². The highest BCUT2D eigenvalue weighted by molar-refractivity contribution is 7.17. The van der Waals surface area contributed by atoms with Crippen LogP contribution in [0.4, 0.5) is 10.1 Å². The summed E-state index contributed by atoms with van der Waals surface area (Å²) < 4.78 is 25.0. The van der Waals surface area contributed by atoms with Crippen molar-refractivity contribution in [1.82, 2.24) is 9.55 Å². The van der Waals surface area contributed by atoms with E-state index in [1.807, 2.05) is 0 Å². The summed E-state index contributed by atoms with van der Waals surface area (Å²) in [5, 5.41) is 4.93. The fourth-order valence-electron chi connectivity index (χ4n) is 3.18. The molecule has 4 rings (SSSR count). The highest BCUT2D eigenvalue weighted by Crippen LogP contribution is 2.31. The second kappa shape index (κ2) is 8.57. The molecule has 4 aromatic rings. The molecule has 1 N–H and O–H groups in total. The van der Waals surface area contributed by atoms with Gasteiger partial charge in [-0.3, -0.25) is 14.2 Å². The number of nitrogens with zero attached hydrogens (tertiary/aromatic N) is 2. The monoisotopic (exact) mass is 439 g/mol. The van der Waals surface area contributed by atoms with Gasteiger partial charge in [-0.15, -0.1) is 11.3 Å². The first kappa shape index (κ1) is 20.5. The molecule has 0 atom stereocenters. The summed E-state index contributed by atoms with van der Waals surface area (Å²) in [6.07, 6.45) is 1.35. The number of nitrogens with one attached hydrogen (secondary N) is 1. The van der Waals surface area contributed by atoms with Gasteiger partial charge in [0.05, 0.1) is 31.6 Å². The number of benzene rings is 2. The maximum Gasteiger partial charge on any atom is 0.263 e. The number of hydrogen-bond acceptors (Lipinski definition) is 6. The number of halogens is 1. The van der Waals surface area contributed by atoms with Crippen LogP contribution >= 0.6 is 11.3 Å². The van der Waals surface area contributed by atoms with Crippen molar-refractivity contribution >= 4 is 33.1 Å². The van der Waals surface area contributed by atoms with E-state index in [9.17, 15) is 14.0 Å². The summed E-state index contributed by atoms with van der Waals surface area (Å²) in [5.74, 6) is 0.238. The van der Waals surface area contributed by atoms with Crippen LogP contribution < -0.4 is 20.3 Å². The Bertz CT molecular complexity index is 1310. The lowest BCUT2D eigenvalue weighted by atomic mass is 10.1. The zero-order chi connectivity index (χ0) is 22.0. The van der Waals surface area contributed by atoms with Crippen molar-refractivity contribution in [1.29, 1.82) is 0 Å². The molecule has 0 bridgehead atoms. The molecule has 0 spiro atoms. The van der Waals surface area contributed by atoms with E-state index in [4.69, 9.17) is 9.47 Å². The van der Waals surface area contributed by atoms with Crippen LogP contribution in [0.3, 0.4) is 0 Å². The predicted octanol–water partition coefficient (Wildman–Crippen LogP) is 3.92. The molecule has 0 unspecified atom stereocenters. The quantitative estimate of drug-likeness (QED) is 0.492. The molecule has 2 heterocycles. The lowest BCUT2D eigenvalue weighted by molar-refractivity contribution is -0.116. The van der Waals surface area contributed by atoms with Gasteiger partial charge in [0.1, 0.15) is 28.7 Å². The standard InChI is InChI=1S/C22H18FN3O4S/c1-29-15-7-8-18(30-2)17(9-15)25-19(27)10-26-12-24-21-20(22(26)28)16(11-31-21)13-3-5-14(23)6-4-13/h3-9,11-12H,10H2,1-2H3,(H,25,27). The lowest BCUT2D eigenvalue weighted by Crippen LogP contribution is -2.28. The molecule has 2 aromatic carbocycles. The Balaban J connectivity index is 1.64. The number of amides is 1. The number of fused-ring (bicyclic) bond motifs is 1.